The largest absolute Gasteiger partial charge is 0.496 e. The molecule has 4 nitrogen and oxygen atoms in total. The lowest BCUT2D eigenvalue weighted by Crippen LogP contribution is -2.29. The summed E-state index contributed by atoms with van der Waals surface area (Å²) in [6.07, 6.45) is 0.278. The molecule has 1 aliphatic heterocycles. The van der Waals surface area contributed by atoms with Crippen molar-refractivity contribution < 1.29 is 14.6 Å². The van der Waals surface area contributed by atoms with Crippen LogP contribution >= 0.6 is 0 Å². The number of nitrogens with zero attached hydrogens (tertiary/aromatic N) is 1. The number of benzene rings is 1. The number of likely N-dealkylation sites (tertiary alicyclic amines) is 1. The maximum atomic E-state index is 12.1. The van der Waals surface area contributed by atoms with Gasteiger partial charge in [-0.05, 0) is 31.0 Å². The Morgan fingerprint density at radius 1 is 1.53 bits per heavy atom. The molecule has 1 N–H and O–H groups in total. The van der Waals surface area contributed by atoms with Crippen LogP contribution in [0, 0.1) is 6.92 Å². The molecule has 0 radical (unpaired) electrons. The van der Waals surface area contributed by atoms with E-state index in [9.17, 15) is 9.90 Å². The zero-order chi connectivity index (χ0) is 12.4. The first kappa shape index (κ1) is 11.9. The Bertz CT molecular complexity index is 431. The summed E-state index contributed by atoms with van der Waals surface area (Å²) in [5.74, 6) is 0.676. The average Bonchev–Trinajstić information content (AvgIpc) is 2.75. The minimum absolute atomic E-state index is 0.0418. The van der Waals surface area contributed by atoms with E-state index in [-0.39, 0.29) is 12.0 Å². The van der Waals surface area contributed by atoms with Crippen LogP contribution in [0.15, 0.2) is 18.2 Å². The van der Waals surface area contributed by atoms with Crippen molar-refractivity contribution in [1.29, 1.82) is 0 Å². The van der Waals surface area contributed by atoms with E-state index >= 15 is 0 Å². The summed E-state index contributed by atoms with van der Waals surface area (Å²) in [6.45, 7) is 2.98. The summed E-state index contributed by atoms with van der Waals surface area (Å²) in [7, 11) is 1.59. The average molecular weight is 235 g/mol. The molecular weight excluding hydrogens is 218 g/mol. The van der Waals surface area contributed by atoms with E-state index in [1.54, 1.807) is 24.1 Å². The molecule has 1 aromatic carbocycles. The fraction of sp³-hybridized carbons (Fsp3) is 0.462. The molecule has 0 saturated carbocycles. The highest BCUT2D eigenvalue weighted by Gasteiger charge is 2.25. The number of hydrogen-bond acceptors (Lipinski definition) is 3. The number of hydrogen-bond donors (Lipinski definition) is 1. The molecule has 92 valence electrons. The van der Waals surface area contributed by atoms with E-state index in [2.05, 4.69) is 0 Å². The Morgan fingerprint density at radius 2 is 2.29 bits per heavy atom. The summed E-state index contributed by atoms with van der Waals surface area (Å²) in [5.41, 5.74) is 1.62. The predicted molar refractivity (Wildman–Crippen MR) is 64.3 cm³/mol. The van der Waals surface area contributed by atoms with Crippen LogP contribution in [-0.4, -0.2) is 42.2 Å². The summed E-state index contributed by atoms with van der Waals surface area (Å²) in [5, 5.41) is 9.42. The number of rotatable bonds is 2. The molecule has 1 fully saturated rings. The van der Waals surface area contributed by atoms with Crippen molar-refractivity contribution in [2.75, 3.05) is 20.2 Å². The quantitative estimate of drug-likeness (QED) is 0.838. The molecule has 0 spiro atoms. The Balaban J connectivity index is 2.19. The lowest BCUT2D eigenvalue weighted by atomic mass is 10.1. The van der Waals surface area contributed by atoms with Crippen molar-refractivity contribution in [2.24, 2.45) is 0 Å². The molecule has 1 aliphatic rings. The number of methoxy groups -OCH3 is 1. The Kier molecular flexibility index (Phi) is 3.33. The second kappa shape index (κ2) is 4.75. The molecule has 2 rings (SSSR count). The van der Waals surface area contributed by atoms with Crippen molar-refractivity contribution in [3.8, 4) is 5.75 Å². The first-order valence-electron chi connectivity index (χ1n) is 5.74. The normalized spacial score (nSPS) is 19.5. The Labute approximate surface area is 101 Å². The highest BCUT2D eigenvalue weighted by atomic mass is 16.5. The first-order valence-corrected chi connectivity index (χ1v) is 5.74. The molecule has 0 bridgehead atoms. The van der Waals surface area contributed by atoms with E-state index in [0.29, 0.717) is 25.1 Å². The summed E-state index contributed by atoms with van der Waals surface area (Å²) in [4.78, 5) is 13.8. The van der Waals surface area contributed by atoms with Gasteiger partial charge in [0, 0.05) is 18.7 Å². The van der Waals surface area contributed by atoms with Gasteiger partial charge in [0.15, 0.2) is 0 Å². The van der Waals surface area contributed by atoms with E-state index in [0.717, 1.165) is 11.3 Å². The summed E-state index contributed by atoms with van der Waals surface area (Å²) in [6, 6.07) is 5.42. The van der Waals surface area contributed by atoms with Crippen LogP contribution in [0.1, 0.15) is 22.3 Å². The van der Waals surface area contributed by atoms with Crippen molar-refractivity contribution in [3.05, 3.63) is 29.3 Å². The molecule has 0 aliphatic carbocycles. The molecule has 1 atom stereocenters. The SMILES string of the molecule is COc1cc(C(=O)N2CC[C@H](O)C2)ccc1C. The van der Waals surface area contributed by atoms with Crippen molar-refractivity contribution in [2.45, 2.75) is 19.4 Å². The molecule has 1 heterocycles. The van der Waals surface area contributed by atoms with Crippen LogP contribution in [0.2, 0.25) is 0 Å². The zero-order valence-corrected chi connectivity index (χ0v) is 10.1. The van der Waals surface area contributed by atoms with Crippen LogP contribution in [0.25, 0.3) is 0 Å². The number of amides is 1. The smallest absolute Gasteiger partial charge is 0.254 e. The second-order valence-corrected chi connectivity index (χ2v) is 4.38. The van der Waals surface area contributed by atoms with Crippen molar-refractivity contribution in [3.63, 3.8) is 0 Å². The van der Waals surface area contributed by atoms with Crippen LogP contribution < -0.4 is 4.74 Å². The van der Waals surface area contributed by atoms with Gasteiger partial charge in [0.05, 0.1) is 13.2 Å². The van der Waals surface area contributed by atoms with Gasteiger partial charge in [0.2, 0.25) is 0 Å². The number of carbonyl (C=O) groups excluding carboxylic acids is 1. The highest BCUT2D eigenvalue weighted by Crippen LogP contribution is 2.21. The molecular formula is C13H17NO3. The van der Waals surface area contributed by atoms with E-state index in [4.69, 9.17) is 4.74 Å². The van der Waals surface area contributed by atoms with E-state index in [1.165, 1.54) is 0 Å². The van der Waals surface area contributed by atoms with Gasteiger partial charge in [-0.25, -0.2) is 0 Å². The maximum absolute atomic E-state index is 12.1. The van der Waals surface area contributed by atoms with Crippen molar-refractivity contribution in [1.82, 2.24) is 4.90 Å². The maximum Gasteiger partial charge on any atom is 0.254 e. The second-order valence-electron chi connectivity index (χ2n) is 4.38. The molecule has 0 aromatic heterocycles. The fourth-order valence-corrected chi connectivity index (χ4v) is 2.06. The minimum Gasteiger partial charge on any atom is -0.496 e. The third-order valence-corrected chi connectivity index (χ3v) is 3.11. The van der Waals surface area contributed by atoms with E-state index < -0.39 is 0 Å². The summed E-state index contributed by atoms with van der Waals surface area (Å²) >= 11 is 0. The van der Waals surface area contributed by atoms with Crippen LogP contribution in [0.4, 0.5) is 0 Å². The lowest BCUT2D eigenvalue weighted by Gasteiger charge is -2.16. The number of aliphatic hydroxyl groups excluding tert-OH is 1. The van der Waals surface area contributed by atoms with Gasteiger partial charge in [0.1, 0.15) is 5.75 Å². The number of aliphatic hydroxyl groups is 1. The van der Waals surface area contributed by atoms with Gasteiger partial charge >= 0.3 is 0 Å². The molecule has 1 aromatic rings. The Morgan fingerprint density at radius 3 is 2.88 bits per heavy atom. The van der Waals surface area contributed by atoms with Crippen LogP contribution in [0.3, 0.4) is 0 Å². The van der Waals surface area contributed by atoms with Gasteiger partial charge < -0.3 is 14.7 Å². The van der Waals surface area contributed by atoms with Gasteiger partial charge in [-0.3, -0.25) is 4.79 Å². The number of aryl methyl sites for hydroxylation is 1. The first-order chi connectivity index (χ1) is 8.11. The predicted octanol–water partition coefficient (Wildman–Crippen LogP) is 1.21. The summed E-state index contributed by atoms with van der Waals surface area (Å²) < 4.78 is 5.20. The van der Waals surface area contributed by atoms with Crippen molar-refractivity contribution >= 4 is 5.91 Å². The number of β-amino-alcohol motifs (C(OH)–C–C–N with tert-alkyl or cyclic N) is 1. The monoisotopic (exact) mass is 235 g/mol. The number of carbonyl (C=O) groups is 1. The lowest BCUT2D eigenvalue weighted by molar-refractivity contribution is 0.0764. The van der Waals surface area contributed by atoms with Gasteiger partial charge in [0.25, 0.3) is 5.91 Å². The van der Waals surface area contributed by atoms with Gasteiger partial charge in [-0.15, -0.1) is 0 Å². The third kappa shape index (κ3) is 2.42. The van der Waals surface area contributed by atoms with Crippen LogP contribution in [-0.2, 0) is 0 Å². The third-order valence-electron chi connectivity index (χ3n) is 3.11. The fourth-order valence-electron chi connectivity index (χ4n) is 2.06. The standard InChI is InChI=1S/C13H17NO3/c1-9-3-4-10(7-12(9)17-2)13(16)14-6-5-11(15)8-14/h3-4,7,11,15H,5-6,8H2,1-2H3/t11-/m0/s1. The van der Waals surface area contributed by atoms with Crippen LogP contribution in [0.5, 0.6) is 5.75 Å². The molecule has 1 amide bonds. The molecule has 4 heteroatoms. The Hall–Kier alpha value is -1.55. The molecule has 17 heavy (non-hydrogen) atoms. The van der Waals surface area contributed by atoms with Gasteiger partial charge in [-0.2, -0.15) is 0 Å². The molecule has 0 unspecified atom stereocenters. The van der Waals surface area contributed by atoms with E-state index in [1.807, 2.05) is 13.0 Å². The molecule has 1 saturated heterocycles. The number of ether oxygens (including phenoxy) is 1. The zero-order valence-electron chi connectivity index (χ0n) is 10.1. The topological polar surface area (TPSA) is 49.8 Å². The highest BCUT2D eigenvalue weighted by molar-refractivity contribution is 5.95. The van der Waals surface area contributed by atoms with Gasteiger partial charge in [-0.1, -0.05) is 6.07 Å². The minimum atomic E-state index is -0.383.